The number of carboxylic acids is 2. The number of likely N-dealkylation sites (tertiary alicyclic amines) is 2. The van der Waals surface area contributed by atoms with Gasteiger partial charge in [-0.2, -0.15) is 0 Å². The number of amides is 4. The van der Waals surface area contributed by atoms with E-state index in [0.29, 0.717) is 10.6 Å². The molecule has 15 heteroatoms. The van der Waals surface area contributed by atoms with Gasteiger partial charge in [0.1, 0.15) is 5.69 Å². The standard InChI is InChI=1S/C25H29N5O8S2/c1-28-6-2-4-16(28)22(33)26-14-8-17(24(35)36)29(10-14)20(31)12-39-13-21(32)30-11-15(9-18(30)25(37)38)27-23(34)19-5-3-7-40-19/h2-7,14-15,17-18H,8-13H2,1H3,(H,26,33)(H,27,34)(H,35,36)(H,37,38)/p-2/t14-,15-,17-,18-/m0/s1. The van der Waals surface area contributed by atoms with Crippen molar-refractivity contribution in [1.29, 1.82) is 0 Å². The lowest BCUT2D eigenvalue weighted by atomic mass is 10.1. The molecule has 2 aromatic heterocycles. The summed E-state index contributed by atoms with van der Waals surface area (Å²) < 4.78 is 1.61. The number of thiophene rings is 1. The second-order valence-electron chi connectivity index (χ2n) is 9.55. The van der Waals surface area contributed by atoms with E-state index >= 15 is 0 Å². The Balaban J connectivity index is 1.29. The molecule has 0 saturated carbocycles. The summed E-state index contributed by atoms with van der Waals surface area (Å²) in [6.45, 7) is -0.0584. The van der Waals surface area contributed by atoms with Crippen LogP contribution in [-0.4, -0.2) is 98.7 Å². The second kappa shape index (κ2) is 12.6. The maximum atomic E-state index is 12.9. The Bertz CT molecular complexity index is 1300. The molecule has 2 aromatic rings. The van der Waals surface area contributed by atoms with E-state index in [9.17, 15) is 39.0 Å². The Kier molecular flexibility index (Phi) is 9.14. The molecule has 0 aromatic carbocycles. The van der Waals surface area contributed by atoms with Crippen LogP contribution in [-0.2, 0) is 26.2 Å². The molecule has 2 aliphatic rings. The number of aryl methyl sites for hydroxylation is 1. The third kappa shape index (κ3) is 6.65. The summed E-state index contributed by atoms with van der Waals surface area (Å²) in [5.41, 5.74) is 0.383. The Morgan fingerprint density at radius 2 is 1.43 bits per heavy atom. The molecule has 2 saturated heterocycles. The first-order chi connectivity index (χ1) is 19.0. The minimum atomic E-state index is -1.45. The summed E-state index contributed by atoms with van der Waals surface area (Å²) in [5, 5.41) is 30.6. The first-order valence-corrected chi connectivity index (χ1v) is 14.4. The minimum absolute atomic E-state index is 0.00821. The predicted octanol–water partition coefficient (Wildman–Crippen LogP) is -2.58. The van der Waals surface area contributed by atoms with Crippen molar-refractivity contribution in [3.8, 4) is 0 Å². The zero-order valence-electron chi connectivity index (χ0n) is 21.4. The Labute approximate surface area is 237 Å². The average molecular weight is 590 g/mol. The van der Waals surface area contributed by atoms with Crippen LogP contribution in [0.25, 0.3) is 0 Å². The van der Waals surface area contributed by atoms with Crippen LogP contribution in [0.4, 0.5) is 0 Å². The summed E-state index contributed by atoms with van der Waals surface area (Å²) in [6, 6.07) is 3.00. The van der Waals surface area contributed by atoms with Gasteiger partial charge in [-0.25, -0.2) is 0 Å². The van der Waals surface area contributed by atoms with Gasteiger partial charge in [0.25, 0.3) is 11.8 Å². The zero-order chi connectivity index (χ0) is 29.0. The highest BCUT2D eigenvalue weighted by atomic mass is 32.2. The second-order valence-corrected chi connectivity index (χ2v) is 11.5. The van der Waals surface area contributed by atoms with E-state index in [1.807, 2.05) is 0 Å². The fraction of sp³-hybridized carbons (Fsp3) is 0.440. The smallest absolute Gasteiger partial charge is 0.268 e. The zero-order valence-corrected chi connectivity index (χ0v) is 23.1. The Morgan fingerprint density at radius 1 is 0.875 bits per heavy atom. The molecule has 4 amide bonds. The molecule has 4 heterocycles. The number of carbonyl (C=O) groups is 6. The van der Waals surface area contributed by atoms with E-state index in [1.165, 1.54) is 11.3 Å². The fourth-order valence-corrected chi connectivity index (χ4v) is 6.30. The lowest BCUT2D eigenvalue weighted by Gasteiger charge is -2.26. The SMILES string of the molecule is Cn1cccc1C(=O)N[C@H]1C[C@@H](C(=O)[O-])N(C(=O)CSCC(=O)N2C[C@@H](NC(=O)c3cccs3)C[C@H]2C(=O)[O-])C1. The molecule has 0 spiro atoms. The lowest BCUT2D eigenvalue weighted by molar-refractivity contribution is -0.311. The largest absolute Gasteiger partial charge is 0.548 e. The minimum Gasteiger partial charge on any atom is -0.548 e. The van der Waals surface area contributed by atoms with Crippen molar-refractivity contribution in [2.75, 3.05) is 24.6 Å². The van der Waals surface area contributed by atoms with Gasteiger partial charge >= 0.3 is 0 Å². The molecule has 0 unspecified atom stereocenters. The number of nitrogens with zero attached hydrogens (tertiary/aromatic N) is 3. The number of aromatic nitrogens is 1. The van der Waals surface area contributed by atoms with Crippen molar-refractivity contribution in [3.05, 3.63) is 46.4 Å². The highest BCUT2D eigenvalue weighted by Crippen LogP contribution is 2.22. The third-order valence-electron chi connectivity index (χ3n) is 6.83. The van der Waals surface area contributed by atoms with Gasteiger partial charge in [-0.3, -0.25) is 19.2 Å². The van der Waals surface area contributed by atoms with Crippen molar-refractivity contribution >= 4 is 58.7 Å². The number of rotatable bonds is 10. The number of thioether (sulfide) groups is 1. The van der Waals surface area contributed by atoms with E-state index in [-0.39, 0.29) is 43.3 Å². The van der Waals surface area contributed by atoms with E-state index in [1.54, 1.807) is 47.5 Å². The number of nitrogens with one attached hydrogen (secondary N) is 2. The first kappa shape index (κ1) is 29.1. The van der Waals surface area contributed by atoms with Gasteiger partial charge in [-0.1, -0.05) is 6.07 Å². The molecule has 0 radical (unpaired) electrons. The fourth-order valence-electron chi connectivity index (χ4n) is 4.89. The molecule has 4 atom stereocenters. The molecule has 4 rings (SSSR count). The molecule has 0 aliphatic carbocycles. The molecule has 13 nitrogen and oxygen atoms in total. The Morgan fingerprint density at radius 3 is 1.88 bits per heavy atom. The van der Waals surface area contributed by atoms with Crippen LogP contribution in [0.1, 0.15) is 33.0 Å². The van der Waals surface area contributed by atoms with Gasteiger partial charge in [-0.05, 0) is 36.4 Å². The highest BCUT2D eigenvalue weighted by molar-refractivity contribution is 8.00. The summed E-state index contributed by atoms with van der Waals surface area (Å²) in [7, 11) is 1.69. The van der Waals surface area contributed by atoms with E-state index in [0.717, 1.165) is 21.6 Å². The first-order valence-electron chi connectivity index (χ1n) is 12.4. The van der Waals surface area contributed by atoms with Crippen LogP contribution >= 0.6 is 23.1 Å². The topological polar surface area (TPSA) is 184 Å². The van der Waals surface area contributed by atoms with Crippen LogP contribution in [0.2, 0.25) is 0 Å². The maximum Gasteiger partial charge on any atom is 0.268 e. The van der Waals surface area contributed by atoms with Crippen molar-refractivity contribution in [2.24, 2.45) is 7.05 Å². The van der Waals surface area contributed by atoms with Gasteiger partial charge in [0, 0.05) is 38.4 Å². The molecule has 214 valence electrons. The van der Waals surface area contributed by atoms with Gasteiger partial charge in [0.05, 0.1) is 40.4 Å². The molecular weight excluding hydrogens is 562 g/mol. The van der Waals surface area contributed by atoms with Gasteiger partial charge in [-0.15, -0.1) is 23.1 Å². The molecule has 40 heavy (non-hydrogen) atoms. The van der Waals surface area contributed by atoms with E-state index in [2.05, 4.69) is 10.6 Å². The van der Waals surface area contributed by atoms with Gasteiger partial charge in [0.15, 0.2) is 0 Å². The van der Waals surface area contributed by atoms with Crippen molar-refractivity contribution in [2.45, 2.75) is 37.0 Å². The predicted molar refractivity (Wildman–Crippen MR) is 140 cm³/mol. The lowest BCUT2D eigenvalue weighted by Crippen LogP contribution is -2.48. The van der Waals surface area contributed by atoms with Crippen LogP contribution < -0.4 is 20.8 Å². The molecule has 0 bridgehead atoms. The van der Waals surface area contributed by atoms with Crippen molar-refractivity contribution < 1.29 is 39.0 Å². The summed E-state index contributed by atoms with van der Waals surface area (Å²) in [6.07, 6.45) is 1.67. The summed E-state index contributed by atoms with van der Waals surface area (Å²) >= 11 is 2.15. The number of carbonyl (C=O) groups excluding carboxylic acids is 6. The third-order valence-corrected chi connectivity index (χ3v) is 8.60. The number of hydrogen-bond donors (Lipinski definition) is 2. The van der Waals surface area contributed by atoms with Gasteiger partial charge in [0.2, 0.25) is 11.8 Å². The van der Waals surface area contributed by atoms with Crippen LogP contribution in [0, 0.1) is 0 Å². The number of hydrogen-bond acceptors (Lipinski definition) is 10. The maximum absolute atomic E-state index is 12.9. The van der Waals surface area contributed by atoms with Crippen molar-refractivity contribution in [1.82, 2.24) is 25.0 Å². The summed E-state index contributed by atoms with van der Waals surface area (Å²) in [4.78, 5) is 76.6. The van der Waals surface area contributed by atoms with Crippen LogP contribution in [0.15, 0.2) is 35.8 Å². The molecule has 2 N–H and O–H groups in total. The van der Waals surface area contributed by atoms with Gasteiger partial charge < -0.3 is 44.8 Å². The number of carboxylic acid groups (broad SMARTS) is 2. The monoisotopic (exact) mass is 589 g/mol. The highest BCUT2D eigenvalue weighted by Gasteiger charge is 2.38. The number of aliphatic carboxylic acids is 2. The van der Waals surface area contributed by atoms with E-state index in [4.69, 9.17) is 0 Å². The normalized spacial score (nSPS) is 22.2. The van der Waals surface area contributed by atoms with Crippen molar-refractivity contribution in [3.63, 3.8) is 0 Å². The van der Waals surface area contributed by atoms with E-state index < -0.39 is 53.8 Å². The van der Waals surface area contributed by atoms with Crippen LogP contribution in [0.5, 0.6) is 0 Å². The Hall–Kier alpha value is -3.85. The quantitative estimate of drug-likeness (QED) is 0.300. The summed E-state index contributed by atoms with van der Waals surface area (Å²) in [5.74, 6) is -5.24. The molecular formula is C25H27N5O8S2-2. The molecule has 2 fully saturated rings. The molecule has 2 aliphatic heterocycles. The van der Waals surface area contributed by atoms with Crippen LogP contribution in [0.3, 0.4) is 0 Å². The average Bonchev–Trinajstić information content (AvgIpc) is 3.69.